The molecule has 21 heavy (non-hydrogen) atoms. The molecule has 0 atom stereocenters. The van der Waals surface area contributed by atoms with Crippen LogP contribution in [-0.2, 0) is 0 Å². The summed E-state index contributed by atoms with van der Waals surface area (Å²) in [5, 5.41) is 10.4. The molecule has 1 aromatic rings. The normalized spacial score (nSPS) is 21.5. The number of phenolic OH excluding ortho intramolecular Hbond substituents is 1. The molecular weight excluding hydrogens is 286 g/mol. The molecule has 0 bridgehead atoms. The second-order valence-electron chi connectivity index (χ2n) is 6.51. The Labute approximate surface area is 130 Å². The van der Waals surface area contributed by atoms with E-state index < -0.39 is 0 Å². The van der Waals surface area contributed by atoms with Gasteiger partial charge in [-0.3, -0.25) is 4.79 Å². The standard InChI is InChI=1S/C17H22ClNO2/c18-13-4-5-14(15(20)12-13)16(21)19-10-8-17(9-11-19)6-2-1-3-7-17/h4-5,12,20H,1-3,6-11H2. The summed E-state index contributed by atoms with van der Waals surface area (Å²) in [5.74, 6) is -0.0970. The summed E-state index contributed by atoms with van der Waals surface area (Å²) in [6.45, 7) is 1.61. The summed E-state index contributed by atoms with van der Waals surface area (Å²) in [7, 11) is 0. The van der Waals surface area contributed by atoms with Crippen LogP contribution >= 0.6 is 11.6 Å². The van der Waals surface area contributed by atoms with E-state index in [9.17, 15) is 9.90 Å². The SMILES string of the molecule is O=C(c1ccc(Cl)cc1O)N1CCC2(CCCCC2)CC1. The topological polar surface area (TPSA) is 40.5 Å². The first-order chi connectivity index (χ1) is 10.1. The third-order valence-electron chi connectivity index (χ3n) is 5.22. The number of piperidine rings is 1. The van der Waals surface area contributed by atoms with Crippen molar-refractivity contribution >= 4 is 17.5 Å². The zero-order valence-electron chi connectivity index (χ0n) is 12.3. The van der Waals surface area contributed by atoms with Crippen molar-refractivity contribution in [1.82, 2.24) is 4.90 Å². The van der Waals surface area contributed by atoms with Crippen LogP contribution in [0.2, 0.25) is 5.02 Å². The Morgan fingerprint density at radius 3 is 2.38 bits per heavy atom. The minimum atomic E-state index is -0.0742. The number of phenols is 1. The van der Waals surface area contributed by atoms with Gasteiger partial charge in [0, 0.05) is 18.1 Å². The van der Waals surface area contributed by atoms with Crippen LogP contribution in [0.1, 0.15) is 55.3 Å². The van der Waals surface area contributed by atoms with Gasteiger partial charge in [-0.15, -0.1) is 0 Å². The van der Waals surface area contributed by atoms with Gasteiger partial charge in [-0.1, -0.05) is 30.9 Å². The van der Waals surface area contributed by atoms with Gasteiger partial charge in [0.05, 0.1) is 5.56 Å². The maximum Gasteiger partial charge on any atom is 0.257 e. The summed E-state index contributed by atoms with van der Waals surface area (Å²) < 4.78 is 0. The van der Waals surface area contributed by atoms with Gasteiger partial charge >= 0.3 is 0 Å². The minimum absolute atomic E-state index is 0.0227. The van der Waals surface area contributed by atoms with E-state index in [0.717, 1.165) is 25.9 Å². The molecule has 4 heteroatoms. The number of likely N-dealkylation sites (tertiary alicyclic amines) is 1. The highest BCUT2D eigenvalue weighted by atomic mass is 35.5. The Morgan fingerprint density at radius 2 is 1.76 bits per heavy atom. The Hall–Kier alpha value is -1.22. The van der Waals surface area contributed by atoms with Crippen LogP contribution in [0.4, 0.5) is 0 Å². The predicted octanol–water partition coefficient (Wildman–Crippen LogP) is 4.23. The zero-order chi connectivity index (χ0) is 14.9. The van der Waals surface area contributed by atoms with Gasteiger partial charge in [-0.2, -0.15) is 0 Å². The minimum Gasteiger partial charge on any atom is -0.507 e. The molecule has 1 spiro atoms. The van der Waals surface area contributed by atoms with Crippen molar-refractivity contribution in [2.75, 3.05) is 13.1 Å². The van der Waals surface area contributed by atoms with Gasteiger partial charge < -0.3 is 10.0 Å². The molecule has 0 radical (unpaired) electrons. The number of carbonyl (C=O) groups excluding carboxylic acids is 1. The van der Waals surface area contributed by atoms with Gasteiger partial charge in [0.15, 0.2) is 0 Å². The number of amides is 1. The average Bonchev–Trinajstić information content (AvgIpc) is 2.48. The lowest BCUT2D eigenvalue weighted by Gasteiger charge is -2.44. The molecule has 1 aliphatic heterocycles. The summed E-state index contributed by atoms with van der Waals surface area (Å²) in [4.78, 5) is 14.4. The molecule has 1 aliphatic carbocycles. The quantitative estimate of drug-likeness (QED) is 0.843. The lowest BCUT2D eigenvalue weighted by Crippen LogP contribution is -2.43. The fourth-order valence-corrected chi connectivity index (χ4v) is 4.01. The Kier molecular flexibility index (Phi) is 4.12. The van der Waals surface area contributed by atoms with E-state index in [-0.39, 0.29) is 11.7 Å². The van der Waals surface area contributed by atoms with Crippen LogP contribution in [0.25, 0.3) is 0 Å². The maximum absolute atomic E-state index is 12.5. The van der Waals surface area contributed by atoms with E-state index in [4.69, 9.17) is 11.6 Å². The third kappa shape index (κ3) is 3.03. The van der Waals surface area contributed by atoms with Crippen LogP contribution in [0, 0.1) is 5.41 Å². The van der Waals surface area contributed by atoms with Gasteiger partial charge in [0.25, 0.3) is 5.91 Å². The molecule has 1 N–H and O–H groups in total. The Balaban J connectivity index is 1.67. The highest BCUT2D eigenvalue weighted by Gasteiger charge is 2.37. The molecule has 1 saturated heterocycles. The van der Waals surface area contributed by atoms with Gasteiger partial charge in [0.2, 0.25) is 0 Å². The van der Waals surface area contributed by atoms with E-state index in [2.05, 4.69) is 0 Å². The fourth-order valence-electron chi connectivity index (χ4n) is 3.84. The lowest BCUT2D eigenvalue weighted by atomic mass is 9.68. The van der Waals surface area contributed by atoms with Crippen molar-refractivity contribution < 1.29 is 9.90 Å². The smallest absolute Gasteiger partial charge is 0.257 e. The molecule has 3 rings (SSSR count). The monoisotopic (exact) mass is 307 g/mol. The van der Waals surface area contributed by atoms with E-state index >= 15 is 0 Å². The summed E-state index contributed by atoms with van der Waals surface area (Å²) in [5.41, 5.74) is 0.843. The van der Waals surface area contributed by atoms with E-state index in [1.54, 1.807) is 12.1 Å². The summed E-state index contributed by atoms with van der Waals surface area (Å²) in [6.07, 6.45) is 8.89. The number of nitrogens with zero attached hydrogens (tertiary/aromatic N) is 1. The number of aromatic hydroxyl groups is 1. The molecule has 1 amide bonds. The zero-order valence-corrected chi connectivity index (χ0v) is 13.0. The summed E-state index contributed by atoms with van der Waals surface area (Å²) in [6, 6.07) is 4.70. The second-order valence-corrected chi connectivity index (χ2v) is 6.95. The van der Waals surface area contributed by atoms with Crippen molar-refractivity contribution in [1.29, 1.82) is 0 Å². The number of carbonyl (C=O) groups is 1. The van der Waals surface area contributed by atoms with E-state index in [1.165, 1.54) is 38.2 Å². The highest BCUT2D eigenvalue weighted by molar-refractivity contribution is 6.30. The Bertz CT molecular complexity index is 528. The van der Waals surface area contributed by atoms with Gasteiger partial charge in [-0.05, 0) is 49.3 Å². The molecule has 2 fully saturated rings. The Morgan fingerprint density at radius 1 is 1.10 bits per heavy atom. The van der Waals surface area contributed by atoms with Crippen molar-refractivity contribution in [2.45, 2.75) is 44.9 Å². The van der Waals surface area contributed by atoms with Crippen LogP contribution < -0.4 is 0 Å². The van der Waals surface area contributed by atoms with Gasteiger partial charge in [0.1, 0.15) is 5.75 Å². The number of benzene rings is 1. The van der Waals surface area contributed by atoms with Gasteiger partial charge in [-0.25, -0.2) is 0 Å². The van der Waals surface area contributed by atoms with E-state index in [1.807, 2.05) is 4.90 Å². The molecule has 3 nitrogen and oxygen atoms in total. The molecular formula is C17H22ClNO2. The number of rotatable bonds is 1. The largest absolute Gasteiger partial charge is 0.507 e. The predicted molar refractivity (Wildman–Crippen MR) is 83.8 cm³/mol. The first-order valence-electron chi connectivity index (χ1n) is 7.88. The molecule has 1 heterocycles. The first-order valence-corrected chi connectivity index (χ1v) is 8.25. The molecule has 1 saturated carbocycles. The fraction of sp³-hybridized carbons (Fsp3) is 0.588. The molecule has 1 aromatic carbocycles. The summed E-state index contributed by atoms with van der Waals surface area (Å²) >= 11 is 5.82. The van der Waals surface area contributed by atoms with Crippen molar-refractivity contribution in [2.24, 2.45) is 5.41 Å². The van der Waals surface area contributed by atoms with E-state index in [0.29, 0.717) is 16.0 Å². The molecule has 0 unspecified atom stereocenters. The van der Waals surface area contributed by atoms with Crippen LogP contribution in [-0.4, -0.2) is 29.0 Å². The number of hydrogen-bond donors (Lipinski definition) is 1. The van der Waals surface area contributed by atoms with Crippen LogP contribution in [0.5, 0.6) is 5.75 Å². The van der Waals surface area contributed by atoms with Crippen LogP contribution in [0.15, 0.2) is 18.2 Å². The third-order valence-corrected chi connectivity index (χ3v) is 5.45. The van der Waals surface area contributed by atoms with Crippen LogP contribution in [0.3, 0.4) is 0 Å². The maximum atomic E-state index is 12.5. The second kappa shape index (κ2) is 5.88. The first kappa shape index (κ1) is 14.7. The molecule has 2 aliphatic rings. The van der Waals surface area contributed by atoms with Crippen molar-refractivity contribution in [3.05, 3.63) is 28.8 Å². The van der Waals surface area contributed by atoms with Crippen molar-refractivity contribution in [3.8, 4) is 5.75 Å². The number of hydrogen-bond acceptors (Lipinski definition) is 2. The number of halogens is 1. The molecule has 114 valence electrons. The van der Waals surface area contributed by atoms with Crippen molar-refractivity contribution in [3.63, 3.8) is 0 Å². The lowest BCUT2D eigenvalue weighted by molar-refractivity contribution is 0.0470. The molecule has 0 aromatic heterocycles. The highest BCUT2D eigenvalue weighted by Crippen LogP contribution is 2.44. The average molecular weight is 308 g/mol.